The first-order valence-electron chi connectivity index (χ1n) is 42.5. The molecule has 11 heterocycles. The van der Waals surface area contributed by atoms with Crippen molar-refractivity contribution in [2.24, 2.45) is 11.8 Å². The molecule has 28 nitrogen and oxygen atoms in total. The minimum Gasteiger partial charge on any atom is -0.508 e. The van der Waals surface area contributed by atoms with Crippen LogP contribution in [0.3, 0.4) is 0 Å². The zero-order valence-corrected chi connectivity index (χ0v) is 69.7. The Labute approximate surface area is 702 Å². The second-order valence-electron chi connectivity index (χ2n) is 32.5. The molecule has 6 aromatic carbocycles. The van der Waals surface area contributed by atoms with Crippen LogP contribution in [0.4, 0.5) is 34.5 Å². The number of amides is 4. The number of carbonyl (C=O) groups is 4. The van der Waals surface area contributed by atoms with E-state index in [0.29, 0.717) is 148 Å². The Morgan fingerprint density at radius 3 is 1.11 bits per heavy atom. The number of fused-ring (bicyclic) bond motifs is 6. The smallest absolute Gasteiger partial charge is 0.318 e. The normalized spacial score (nSPS) is 18.1. The number of aromatic nitrogens is 6. The molecule has 120 heavy (non-hydrogen) atoms. The Kier molecular flexibility index (Phi) is 26.2. The molecule has 2 atom stereocenters. The van der Waals surface area contributed by atoms with Crippen molar-refractivity contribution in [3.8, 4) is 35.3 Å². The number of ether oxygens (including phenoxy) is 3. The monoisotopic (exact) mass is 1630 g/mol. The Balaban J connectivity index is 0.000000141. The van der Waals surface area contributed by atoms with Gasteiger partial charge in [-0.3, -0.25) is 24.1 Å². The largest absolute Gasteiger partial charge is 0.508 e. The molecular weight excluding hydrogens is 1520 g/mol. The third kappa shape index (κ3) is 19.1. The molecule has 2 unspecified atom stereocenters. The highest BCUT2D eigenvalue weighted by atomic mass is 16.5. The summed E-state index contributed by atoms with van der Waals surface area (Å²) in [5.74, 6) is 4.23. The molecule has 17 rings (SSSR count). The van der Waals surface area contributed by atoms with Gasteiger partial charge in [0, 0.05) is 205 Å². The van der Waals surface area contributed by atoms with Crippen molar-refractivity contribution >= 4 is 90.5 Å². The number of phenolic OH excluding ortho intramolecular Hbond substituents is 3. The molecule has 3 N–H and O–H groups in total. The molecule has 0 spiro atoms. The van der Waals surface area contributed by atoms with Crippen LogP contribution in [-0.4, -0.2) is 270 Å². The van der Waals surface area contributed by atoms with E-state index in [2.05, 4.69) is 91.0 Å². The van der Waals surface area contributed by atoms with Gasteiger partial charge in [0.05, 0.1) is 63.1 Å². The maximum absolute atomic E-state index is 12.2. The predicted molar refractivity (Wildman–Crippen MR) is 469 cm³/mol. The molecule has 9 aromatic rings. The molecule has 5 fully saturated rings. The molecule has 0 aliphatic carbocycles. The maximum atomic E-state index is 12.2. The summed E-state index contributed by atoms with van der Waals surface area (Å²) in [5.41, 5.74) is 9.20. The highest BCUT2D eigenvalue weighted by Gasteiger charge is 2.36. The van der Waals surface area contributed by atoms with Crippen LogP contribution in [0.25, 0.3) is 32.3 Å². The lowest BCUT2D eigenvalue weighted by molar-refractivity contribution is -0.130. The van der Waals surface area contributed by atoms with E-state index in [4.69, 9.17) is 44.1 Å². The first-order chi connectivity index (χ1) is 58.4. The summed E-state index contributed by atoms with van der Waals surface area (Å²) in [5, 5.41) is 37.7. The van der Waals surface area contributed by atoms with Crippen molar-refractivity contribution in [1.82, 2.24) is 59.3 Å². The minimum absolute atomic E-state index is 0.0268. The number of anilines is 6. The third-order valence-electron chi connectivity index (χ3n) is 24.2. The van der Waals surface area contributed by atoms with Gasteiger partial charge < -0.3 is 83.4 Å². The number of phenols is 3. The van der Waals surface area contributed by atoms with E-state index < -0.39 is 0 Å². The van der Waals surface area contributed by atoms with Gasteiger partial charge in [0.15, 0.2) is 0 Å². The summed E-state index contributed by atoms with van der Waals surface area (Å²) < 4.78 is 18.5. The first kappa shape index (κ1) is 83.0. The lowest BCUT2D eigenvalue weighted by atomic mass is 10.0. The van der Waals surface area contributed by atoms with Gasteiger partial charge in [-0.15, -0.1) is 0 Å². The number of carbonyl (C=O) groups excluding carboxylic acids is 4. The van der Waals surface area contributed by atoms with Gasteiger partial charge in [0.2, 0.25) is 23.6 Å². The van der Waals surface area contributed by atoms with E-state index in [0.717, 1.165) is 191 Å². The molecule has 0 saturated carbocycles. The number of piperazine rings is 3. The number of hydrogen-bond acceptors (Lipinski definition) is 24. The van der Waals surface area contributed by atoms with Crippen LogP contribution < -0.4 is 43.6 Å². The highest BCUT2D eigenvalue weighted by molar-refractivity contribution is 5.98. The van der Waals surface area contributed by atoms with Gasteiger partial charge >= 0.3 is 18.0 Å². The zero-order chi connectivity index (χ0) is 83.5. The van der Waals surface area contributed by atoms with Gasteiger partial charge in [0.25, 0.3) is 0 Å². The standard InChI is InChI=1S/C33H41N7O4.C32H40N6O3.C27H31N5O3/c1-4-30(42)38-13-15-39(16-14-38)32-27-10-12-40(29-18-25(41)17-24-7-5-6-8-26(24)29)20-28(27)34-33(35-32)44-22-23-9-11-37(19-23)21-31(43)36(2)3;1-3-11-35-12-9-23(20-35)22-41-32-33-28-21-38(29-19-25(39)18-24-7-5-6-8-26(24)29)13-10-27(28)31(34-32)37-16-14-36(15-17-37)30(40)4-2;1-3-15-35-27-28-23-18-32(24-17-20(33)16-19-7-5-6-8-21(19)24)10-9-22(23)26(29-27)31-13-11-30(12-14-31)25(34)4-2/h4-8,17-18,23,41H,1,9-16,19-22H2,2-3H3;4-8,18-19,23,39H,2-3,9-17,20-22H2,1H3;4-8,16-17,33H,2-3,9-15,18H2,1H3. The molecule has 28 heteroatoms. The Bertz CT molecular complexity index is 5240. The van der Waals surface area contributed by atoms with Crippen molar-refractivity contribution in [2.75, 3.05) is 201 Å². The number of aromatic hydroxyl groups is 3. The van der Waals surface area contributed by atoms with Crippen molar-refractivity contribution in [1.29, 1.82) is 0 Å². The van der Waals surface area contributed by atoms with Crippen LogP contribution in [0.5, 0.6) is 35.3 Å². The quantitative estimate of drug-likeness (QED) is 0.0532. The Hall–Kier alpha value is -12.0. The molecule has 5 saturated heterocycles. The van der Waals surface area contributed by atoms with Gasteiger partial charge in [-0.1, -0.05) is 106 Å². The van der Waals surface area contributed by atoms with E-state index in [-0.39, 0.29) is 46.8 Å². The number of rotatable bonds is 22. The van der Waals surface area contributed by atoms with Gasteiger partial charge in [-0.05, 0) is 117 Å². The van der Waals surface area contributed by atoms with Crippen LogP contribution in [-0.2, 0) is 58.1 Å². The summed E-state index contributed by atoms with van der Waals surface area (Å²) in [4.78, 5) is 103. The molecule has 8 aliphatic heterocycles. The van der Waals surface area contributed by atoms with Crippen LogP contribution >= 0.6 is 0 Å². The van der Waals surface area contributed by atoms with E-state index >= 15 is 0 Å². The van der Waals surface area contributed by atoms with Crippen LogP contribution in [0, 0.1) is 11.8 Å². The summed E-state index contributed by atoms with van der Waals surface area (Å²) in [6, 6.07) is 36.5. The molecule has 630 valence electrons. The molecule has 4 amide bonds. The van der Waals surface area contributed by atoms with Crippen LogP contribution in [0.2, 0.25) is 0 Å². The minimum atomic E-state index is -0.0507. The Morgan fingerprint density at radius 1 is 0.425 bits per heavy atom. The number of hydrogen-bond donors (Lipinski definition) is 3. The van der Waals surface area contributed by atoms with Crippen molar-refractivity contribution in [3.05, 3.63) is 181 Å². The fourth-order valence-corrected chi connectivity index (χ4v) is 17.8. The molecule has 0 radical (unpaired) electrons. The van der Waals surface area contributed by atoms with Gasteiger partial charge in [-0.2, -0.15) is 29.9 Å². The molecule has 8 aliphatic rings. The lowest BCUT2D eigenvalue weighted by Gasteiger charge is -2.38. The third-order valence-corrected chi connectivity index (χ3v) is 24.2. The van der Waals surface area contributed by atoms with Gasteiger partial charge in [0.1, 0.15) is 34.7 Å². The highest BCUT2D eigenvalue weighted by Crippen LogP contribution is 2.42. The first-order valence-corrected chi connectivity index (χ1v) is 42.5. The number of likely N-dealkylation sites (tertiary alicyclic amines) is 2. The molecule has 3 aromatic heterocycles. The predicted octanol–water partition coefficient (Wildman–Crippen LogP) is 9.89. The van der Waals surface area contributed by atoms with Crippen molar-refractivity contribution < 1.29 is 48.7 Å². The van der Waals surface area contributed by atoms with Crippen molar-refractivity contribution in [3.63, 3.8) is 0 Å². The summed E-state index contributed by atoms with van der Waals surface area (Å²) in [7, 11) is 3.57. The SMILES string of the molecule is C=CC(=O)N1CCN(c2nc(OCC3CCN(CC(=O)N(C)C)C3)nc3c2CCN(c2cc(O)cc4ccccc24)C3)CC1.C=CC(=O)N1CCN(c2nc(OCC3CCN(CCC)C3)nc3c2CCN(c2cc(O)cc4ccccc24)C3)CC1.C=CC(=O)N1CCN(c2nc(OCCC)nc3c2CCN(c2cc(O)cc4ccccc24)C3)CC1. The van der Waals surface area contributed by atoms with E-state index in [9.17, 15) is 34.5 Å². The second kappa shape index (κ2) is 37.9. The summed E-state index contributed by atoms with van der Waals surface area (Å²) in [6.45, 7) is 34.2. The van der Waals surface area contributed by atoms with Crippen molar-refractivity contribution in [2.45, 2.75) is 78.4 Å². The van der Waals surface area contributed by atoms with Crippen LogP contribution in [0.15, 0.2) is 147 Å². The average Bonchev–Trinajstić information content (AvgIpc) is 0.797. The van der Waals surface area contributed by atoms with Gasteiger partial charge in [-0.25, -0.2) is 0 Å². The fourth-order valence-electron chi connectivity index (χ4n) is 17.8. The number of benzene rings is 6. The van der Waals surface area contributed by atoms with Crippen LogP contribution in [0.1, 0.15) is 73.3 Å². The second-order valence-corrected chi connectivity index (χ2v) is 32.5. The fraction of sp³-hybridized carbons (Fsp3) is 0.435. The number of likely N-dealkylation sites (N-methyl/N-ethyl adjacent to an activating group) is 1. The number of nitrogens with zero attached hydrogens (tertiary/aromatic N) is 18. The summed E-state index contributed by atoms with van der Waals surface area (Å²) >= 11 is 0. The molecule has 0 bridgehead atoms. The zero-order valence-electron chi connectivity index (χ0n) is 69.7. The van der Waals surface area contributed by atoms with E-state index in [1.165, 1.54) is 24.6 Å². The average molecular weight is 1630 g/mol. The topological polar surface area (TPSA) is 273 Å². The van der Waals surface area contributed by atoms with E-state index in [1.807, 2.05) is 93.6 Å². The Morgan fingerprint density at radius 2 is 0.767 bits per heavy atom. The lowest BCUT2D eigenvalue weighted by Crippen LogP contribution is -2.49. The van der Waals surface area contributed by atoms with E-state index in [1.54, 1.807) is 31.1 Å². The maximum Gasteiger partial charge on any atom is 0.318 e. The summed E-state index contributed by atoms with van der Waals surface area (Å²) in [6.07, 6.45) is 10.6. The molecular formula is C92H112N18O10.